The number of nitrogens with one attached hydrogen (secondary N) is 2. The average molecular weight is 573 g/mol. The van der Waals surface area contributed by atoms with Crippen molar-refractivity contribution in [1.29, 1.82) is 0 Å². The van der Waals surface area contributed by atoms with Gasteiger partial charge in [0.15, 0.2) is 11.1 Å². The second-order valence-electron chi connectivity index (χ2n) is 15.3. The van der Waals surface area contributed by atoms with Crippen molar-refractivity contribution >= 4 is 39.1 Å². The summed E-state index contributed by atoms with van der Waals surface area (Å²) in [5, 5.41) is 6.70. The number of rotatable bonds is 6. The lowest BCUT2D eigenvalue weighted by Gasteiger charge is -2.46. The first kappa shape index (κ1) is 30.6. The van der Waals surface area contributed by atoms with Gasteiger partial charge in [0, 0.05) is 0 Å². The molecule has 0 spiro atoms. The van der Waals surface area contributed by atoms with Crippen molar-refractivity contribution in [2.24, 2.45) is 5.92 Å². The minimum Gasteiger partial charge on any atom is -0.408 e. The van der Waals surface area contributed by atoms with E-state index in [1.165, 1.54) is 39.0 Å². The molecule has 1 fully saturated rings. The molecular formula is C33H49BN2O2Si2. The molecule has 2 atom stereocenters. The lowest BCUT2D eigenvalue weighted by Crippen LogP contribution is -2.87. The first-order chi connectivity index (χ1) is 18.3. The van der Waals surface area contributed by atoms with E-state index >= 15 is 0 Å². The van der Waals surface area contributed by atoms with Gasteiger partial charge in [0.05, 0.1) is 6.04 Å². The van der Waals surface area contributed by atoms with Crippen molar-refractivity contribution in [3.63, 3.8) is 0 Å². The highest BCUT2D eigenvalue weighted by Crippen LogP contribution is 2.45. The molecule has 1 aliphatic heterocycles. The molecule has 2 unspecified atom stereocenters. The molecule has 4 nitrogen and oxygen atoms in total. The van der Waals surface area contributed by atoms with Crippen LogP contribution in [-0.2, 0) is 10.8 Å². The Morgan fingerprint density at radius 3 is 2.10 bits per heavy atom. The summed E-state index contributed by atoms with van der Waals surface area (Å²) < 4.78 is 0. The fourth-order valence-corrected chi connectivity index (χ4v) is 16.7. The van der Waals surface area contributed by atoms with E-state index in [1.54, 1.807) is 0 Å². The molecule has 1 saturated heterocycles. The van der Waals surface area contributed by atoms with Crippen LogP contribution in [0, 0.1) is 5.92 Å². The molecule has 1 heterocycles. The molecule has 2 N–H and O–H groups in total. The molecule has 2 amide bonds. The van der Waals surface area contributed by atoms with Crippen LogP contribution in [0.2, 0.25) is 26.2 Å². The molecule has 2 aliphatic rings. The molecule has 214 valence electrons. The summed E-state index contributed by atoms with van der Waals surface area (Å²) in [6.45, 7) is 26.6. The quantitative estimate of drug-likeness (QED) is 0.341. The van der Waals surface area contributed by atoms with Crippen LogP contribution in [0.3, 0.4) is 0 Å². The largest absolute Gasteiger partial charge is 0.408 e. The van der Waals surface area contributed by atoms with Gasteiger partial charge in [-0.2, -0.15) is 0 Å². The normalized spacial score (nSPS) is 19.4. The number of amides is 2. The molecule has 4 rings (SSSR count). The number of carbonyl (C=O) groups excluding carboxylic acids is 2. The van der Waals surface area contributed by atoms with Crippen LogP contribution in [0.25, 0.3) is 17.2 Å². The maximum absolute atomic E-state index is 14.1. The van der Waals surface area contributed by atoms with E-state index in [1.807, 2.05) is 0 Å². The Kier molecular flexibility index (Phi) is 7.77. The van der Waals surface area contributed by atoms with E-state index in [-0.39, 0.29) is 34.0 Å². The number of fused-ring (bicyclic) bond motifs is 1. The second kappa shape index (κ2) is 10.2. The van der Waals surface area contributed by atoms with Crippen LogP contribution in [0.5, 0.6) is 0 Å². The van der Waals surface area contributed by atoms with Crippen molar-refractivity contribution in [2.75, 3.05) is 0 Å². The predicted molar refractivity (Wildman–Crippen MR) is 177 cm³/mol. The van der Waals surface area contributed by atoms with Crippen molar-refractivity contribution < 1.29 is 9.59 Å². The van der Waals surface area contributed by atoms with E-state index < -0.39 is 15.9 Å². The summed E-state index contributed by atoms with van der Waals surface area (Å²) in [5.74, 6) is 0.343. The highest BCUT2D eigenvalue weighted by atomic mass is 28.4. The maximum atomic E-state index is 14.1. The predicted octanol–water partition coefficient (Wildman–Crippen LogP) is 8.59. The van der Waals surface area contributed by atoms with E-state index in [0.29, 0.717) is 5.92 Å². The molecule has 0 aromatic heterocycles. The molecule has 2 aromatic rings. The van der Waals surface area contributed by atoms with Gasteiger partial charge in [0.2, 0.25) is 0 Å². The number of hydrogen-bond donors (Lipinski definition) is 2. The fourth-order valence-electron chi connectivity index (χ4n) is 6.26. The van der Waals surface area contributed by atoms with E-state index in [9.17, 15) is 9.59 Å². The van der Waals surface area contributed by atoms with Crippen LogP contribution in [0.15, 0.2) is 42.0 Å². The second-order valence-corrected chi connectivity index (χ2v) is 24.8. The van der Waals surface area contributed by atoms with E-state index in [4.69, 9.17) is 0 Å². The van der Waals surface area contributed by atoms with E-state index in [2.05, 4.69) is 135 Å². The summed E-state index contributed by atoms with van der Waals surface area (Å²) in [6.07, 6.45) is 3.32. The molecule has 2 aromatic carbocycles. The van der Waals surface area contributed by atoms with Crippen LogP contribution in [0.1, 0.15) is 90.1 Å². The summed E-state index contributed by atoms with van der Waals surface area (Å²) in [6, 6.07) is 13.5. The Morgan fingerprint density at radius 1 is 1.05 bits per heavy atom. The van der Waals surface area contributed by atoms with Crippen LogP contribution in [0.4, 0.5) is 9.59 Å². The highest BCUT2D eigenvalue weighted by Gasteiger charge is 2.63. The fraction of sp³-hybridized carbons (Fsp3) is 0.515. The van der Waals surface area contributed by atoms with Crippen molar-refractivity contribution in [1.82, 2.24) is 10.5 Å². The minimum absolute atomic E-state index is 0.0151. The van der Waals surface area contributed by atoms with Gasteiger partial charge < -0.3 is 10.5 Å². The lowest BCUT2D eigenvalue weighted by molar-refractivity contribution is 0.256. The molecular weight excluding hydrogens is 523 g/mol. The zero-order valence-electron chi connectivity index (χ0n) is 26.8. The molecule has 1 aliphatic carbocycles. The first-order valence-electron chi connectivity index (χ1n) is 14.9. The van der Waals surface area contributed by atoms with Gasteiger partial charge in [-0.15, -0.1) is 0 Å². The van der Waals surface area contributed by atoms with Gasteiger partial charge in [-0.05, 0) is 62.1 Å². The minimum atomic E-state index is -2.48. The standard InChI is InChI=1S/C33H49BN2O2Si2/c1-13-21(2)27-19-22-15-14-16-26(23-17-24(32(3,4)5)20-25(18-23)33(6,7)8)28(22)29(27)35-30(37)39(9,10)34-36-31(38)40(34,11)12/h14-21,29H,13H2,1-12H3,(H,35,37)(H,36,38). The first-order valence-corrected chi connectivity index (χ1v) is 21.1. The Labute approximate surface area is 244 Å². The lowest BCUT2D eigenvalue weighted by atomic mass is 9.78. The van der Waals surface area contributed by atoms with Crippen LogP contribution < -0.4 is 10.5 Å². The van der Waals surface area contributed by atoms with Crippen molar-refractivity contribution in [2.45, 2.75) is 105 Å². The zero-order valence-corrected chi connectivity index (χ0v) is 28.8. The summed E-state index contributed by atoms with van der Waals surface area (Å²) in [5.41, 5.74) is 9.07. The topological polar surface area (TPSA) is 58.2 Å². The van der Waals surface area contributed by atoms with Crippen molar-refractivity contribution in [3.05, 3.63) is 64.2 Å². The number of benzene rings is 2. The zero-order chi connectivity index (χ0) is 30.0. The SMILES string of the molecule is CCC(C)C1=Cc2cccc(-c3cc(C(C)(C)C)cc(C(C)(C)C)c3)c2C1NC(=O)[Si](C)(C)B1NC(=O)[Si]1(C)C. The van der Waals surface area contributed by atoms with Crippen LogP contribution >= 0.6 is 0 Å². The Hall–Kier alpha value is -2.38. The van der Waals surface area contributed by atoms with Gasteiger partial charge in [-0.1, -0.05) is 124 Å². The summed E-state index contributed by atoms with van der Waals surface area (Å²) in [7, 11) is -4.61. The molecule has 0 bridgehead atoms. The third-order valence-corrected chi connectivity index (χ3v) is 19.5. The van der Waals surface area contributed by atoms with Gasteiger partial charge in [0.25, 0.3) is 6.03 Å². The van der Waals surface area contributed by atoms with Gasteiger partial charge in [0.1, 0.15) is 15.9 Å². The smallest absolute Gasteiger partial charge is 0.254 e. The summed E-state index contributed by atoms with van der Waals surface area (Å²) >= 11 is 0. The van der Waals surface area contributed by atoms with Gasteiger partial charge in [-0.25, -0.2) is 0 Å². The summed E-state index contributed by atoms with van der Waals surface area (Å²) in [4.78, 5) is 26.5. The van der Waals surface area contributed by atoms with E-state index in [0.717, 1.165) is 6.42 Å². The maximum Gasteiger partial charge on any atom is 0.254 e. The monoisotopic (exact) mass is 572 g/mol. The van der Waals surface area contributed by atoms with Crippen LogP contribution in [-0.4, -0.2) is 33.0 Å². The van der Waals surface area contributed by atoms with Crippen molar-refractivity contribution in [3.8, 4) is 11.1 Å². The van der Waals surface area contributed by atoms with Gasteiger partial charge >= 0.3 is 0 Å². The number of carbonyl (C=O) groups is 2. The molecule has 0 radical (unpaired) electrons. The highest BCUT2D eigenvalue weighted by molar-refractivity contribution is 7.75. The molecule has 40 heavy (non-hydrogen) atoms. The Bertz CT molecular complexity index is 1350. The Morgan fingerprint density at radius 2 is 1.62 bits per heavy atom. The van der Waals surface area contributed by atoms with Gasteiger partial charge in [-0.3, -0.25) is 9.59 Å². The number of hydrogen-bond acceptors (Lipinski definition) is 2. The molecule has 7 heteroatoms. The Balaban J connectivity index is 1.84. The average Bonchev–Trinajstić information content (AvgIpc) is 3.23. The third-order valence-electron chi connectivity index (χ3n) is 9.41. The molecule has 0 saturated carbocycles. The third kappa shape index (κ3) is 5.31.